The van der Waals surface area contributed by atoms with Crippen LogP contribution in [0.3, 0.4) is 0 Å². The number of thiazole rings is 1. The molecule has 0 atom stereocenters. The summed E-state index contributed by atoms with van der Waals surface area (Å²) >= 11 is 7.52. The second-order valence-electron chi connectivity index (χ2n) is 6.37. The van der Waals surface area contributed by atoms with Crippen molar-refractivity contribution in [3.8, 4) is 17.3 Å². The van der Waals surface area contributed by atoms with E-state index in [0.717, 1.165) is 22.5 Å². The average molecular weight is 402 g/mol. The molecule has 0 spiro atoms. The van der Waals surface area contributed by atoms with Gasteiger partial charge in [-0.1, -0.05) is 54.1 Å². The molecule has 1 aromatic heterocycles. The van der Waals surface area contributed by atoms with Crippen LogP contribution in [-0.2, 0) is 0 Å². The number of hydrogen-bond acceptors (Lipinski definition) is 4. The van der Waals surface area contributed by atoms with Gasteiger partial charge in [0.1, 0.15) is 16.6 Å². The highest BCUT2D eigenvalue weighted by Gasteiger charge is 2.10. The van der Waals surface area contributed by atoms with Crippen molar-refractivity contribution < 1.29 is 0 Å². The van der Waals surface area contributed by atoms with Crippen LogP contribution >= 0.6 is 22.9 Å². The van der Waals surface area contributed by atoms with Gasteiger partial charge in [-0.2, -0.15) is 5.26 Å². The zero-order valence-corrected chi connectivity index (χ0v) is 16.7. The highest BCUT2D eigenvalue weighted by atomic mass is 35.5. The number of nitrogens with zero attached hydrogens (tertiary/aromatic N) is 2. The molecule has 1 heterocycles. The minimum Gasteiger partial charge on any atom is -0.360 e. The van der Waals surface area contributed by atoms with Gasteiger partial charge in [0.25, 0.3) is 0 Å². The lowest BCUT2D eigenvalue weighted by molar-refractivity contribution is 1.36. The molecule has 1 N–H and O–H groups in total. The Bertz CT molecular complexity index is 1230. The van der Waals surface area contributed by atoms with E-state index in [1.807, 2.05) is 42.6 Å². The molecule has 0 radical (unpaired) electrons. The first-order valence-corrected chi connectivity index (χ1v) is 9.98. The number of halogens is 1. The Kier molecular flexibility index (Phi) is 5.12. The summed E-state index contributed by atoms with van der Waals surface area (Å²) in [6.45, 7) is 1.99. The van der Waals surface area contributed by atoms with Crippen molar-refractivity contribution in [1.82, 2.24) is 4.98 Å². The van der Waals surface area contributed by atoms with Crippen molar-refractivity contribution in [1.29, 1.82) is 5.26 Å². The SMILES string of the molecule is Cc1ccc(Cl)cc1NC=C(C#N)c1nc(-c2ccc3ccccc3c2)cs1. The number of fused-ring (bicyclic) bond motifs is 1. The lowest BCUT2D eigenvalue weighted by atomic mass is 10.1. The number of hydrogen-bond donors (Lipinski definition) is 1. The monoisotopic (exact) mass is 401 g/mol. The summed E-state index contributed by atoms with van der Waals surface area (Å²) in [5.74, 6) is 0. The van der Waals surface area contributed by atoms with Gasteiger partial charge in [0.2, 0.25) is 0 Å². The predicted molar refractivity (Wildman–Crippen MR) is 118 cm³/mol. The Hall–Kier alpha value is -3.13. The van der Waals surface area contributed by atoms with E-state index in [9.17, 15) is 5.26 Å². The minimum atomic E-state index is 0.483. The molecule has 4 rings (SSSR count). The van der Waals surface area contributed by atoms with Crippen LogP contribution < -0.4 is 5.32 Å². The molecule has 0 unspecified atom stereocenters. The number of anilines is 1. The topological polar surface area (TPSA) is 48.7 Å². The van der Waals surface area contributed by atoms with Gasteiger partial charge in [0.15, 0.2) is 0 Å². The number of allylic oxidation sites excluding steroid dienone is 1. The maximum atomic E-state index is 9.58. The smallest absolute Gasteiger partial charge is 0.136 e. The standard InChI is InChI=1S/C23H16ClN3S/c1-15-6-9-20(24)11-21(15)26-13-19(12-25)23-27-22(14-28-23)18-8-7-16-4-2-3-5-17(16)10-18/h2-11,13-14,26H,1H3. The molecular formula is C23H16ClN3S. The van der Waals surface area contributed by atoms with E-state index < -0.39 is 0 Å². The fraction of sp³-hybridized carbons (Fsp3) is 0.0435. The van der Waals surface area contributed by atoms with Gasteiger partial charge in [-0.15, -0.1) is 11.3 Å². The van der Waals surface area contributed by atoms with Crippen molar-refractivity contribution in [2.24, 2.45) is 0 Å². The normalized spacial score (nSPS) is 11.4. The van der Waals surface area contributed by atoms with Crippen LogP contribution in [-0.4, -0.2) is 4.98 Å². The van der Waals surface area contributed by atoms with Gasteiger partial charge in [-0.25, -0.2) is 4.98 Å². The predicted octanol–water partition coefficient (Wildman–Crippen LogP) is 6.90. The zero-order chi connectivity index (χ0) is 19.5. The Labute approximate surface area is 172 Å². The first-order chi connectivity index (χ1) is 13.6. The van der Waals surface area contributed by atoms with Crippen LogP contribution in [0.5, 0.6) is 0 Å². The molecule has 0 fully saturated rings. The van der Waals surface area contributed by atoms with Crippen LogP contribution in [0.25, 0.3) is 27.6 Å². The van der Waals surface area contributed by atoms with Crippen LogP contribution in [0.15, 0.2) is 72.2 Å². The van der Waals surface area contributed by atoms with Crippen LogP contribution in [0.2, 0.25) is 5.02 Å². The number of rotatable bonds is 4. The van der Waals surface area contributed by atoms with E-state index in [4.69, 9.17) is 11.6 Å². The number of nitrogens with one attached hydrogen (secondary N) is 1. The fourth-order valence-electron chi connectivity index (χ4n) is 2.92. The van der Waals surface area contributed by atoms with Gasteiger partial charge in [-0.05, 0) is 41.5 Å². The zero-order valence-electron chi connectivity index (χ0n) is 15.1. The second-order valence-corrected chi connectivity index (χ2v) is 7.67. The summed E-state index contributed by atoms with van der Waals surface area (Å²) in [6, 6.07) is 22.4. The largest absolute Gasteiger partial charge is 0.360 e. The van der Waals surface area contributed by atoms with E-state index >= 15 is 0 Å². The molecule has 3 nitrogen and oxygen atoms in total. The van der Waals surface area contributed by atoms with Gasteiger partial charge in [0.05, 0.1) is 5.69 Å². The fourth-order valence-corrected chi connectivity index (χ4v) is 3.89. The Morgan fingerprint density at radius 3 is 2.75 bits per heavy atom. The molecule has 5 heteroatoms. The molecular weight excluding hydrogens is 386 g/mol. The van der Waals surface area contributed by atoms with Crippen molar-refractivity contribution >= 4 is 45.0 Å². The van der Waals surface area contributed by atoms with E-state index in [-0.39, 0.29) is 0 Å². The first-order valence-electron chi connectivity index (χ1n) is 8.72. The quantitative estimate of drug-likeness (QED) is 0.378. The summed E-state index contributed by atoms with van der Waals surface area (Å²) in [5, 5.41) is 18.4. The summed E-state index contributed by atoms with van der Waals surface area (Å²) in [5.41, 5.74) is 4.31. The third-order valence-electron chi connectivity index (χ3n) is 4.47. The Balaban J connectivity index is 1.62. The molecule has 4 aromatic rings. The Morgan fingerprint density at radius 1 is 1.11 bits per heavy atom. The maximum Gasteiger partial charge on any atom is 0.136 e. The summed E-state index contributed by atoms with van der Waals surface area (Å²) in [4.78, 5) is 4.67. The molecule has 0 amide bonds. The Morgan fingerprint density at radius 2 is 1.93 bits per heavy atom. The summed E-state index contributed by atoms with van der Waals surface area (Å²) in [7, 11) is 0. The van der Waals surface area contributed by atoms with Crippen molar-refractivity contribution in [2.75, 3.05) is 5.32 Å². The molecule has 136 valence electrons. The summed E-state index contributed by atoms with van der Waals surface area (Å²) in [6.07, 6.45) is 1.68. The lowest BCUT2D eigenvalue weighted by Crippen LogP contribution is -1.93. The molecule has 0 saturated carbocycles. The summed E-state index contributed by atoms with van der Waals surface area (Å²) < 4.78 is 0. The molecule has 0 aliphatic carbocycles. The van der Waals surface area contributed by atoms with E-state index in [1.165, 1.54) is 22.1 Å². The molecule has 0 saturated heterocycles. The third-order valence-corrected chi connectivity index (χ3v) is 5.58. The third kappa shape index (κ3) is 3.77. The molecule has 0 aliphatic heterocycles. The number of aryl methyl sites for hydroxylation is 1. The molecule has 0 aliphatic rings. The van der Waals surface area contributed by atoms with Crippen molar-refractivity contribution in [3.63, 3.8) is 0 Å². The van der Waals surface area contributed by atoms with E-state index in [2.05, 4.69) is 46.7 Å². The molecule has 3 aromatic carbocycles. The lowest BCUT2D eigenvalue weighted by Gasteiger charge is -2.06. The number of benzene rings is 3. The number of nitriles is 1. The second kappa shape index (κ2) is 7.85. The van der Waals surface area contributed by atoms with Gasteiger partial charge >= 0.3 is 0 Å². The van der Waals surface area contributed by atoms with Gasteiger partial charge in [0, 0.05) is 27.9 Å². The molecule has 28 heavy (non-hydrogen) atoms. The highest BCUT2D eigenvalue weighted by Crippen LogP contribution is 2.29. The minimum absolute atomic E-state index is 0.483. The van der Waals surface area contributed by atoms with Gasteiger partial charge < -0.3 is 5.32 Å². The van der Waals surface area contributed by atoms with Crippen LogP contribution in [0.1, 0.15) is 10.6 Å². The van der Waals surface area contributed by atoms with E-state index in [0.29, 0.717) is 15.6 Å². The first kappa shape index (κ1) is 18.2. The average Bonchev–Trinajstić information content (AvgIpc) is 3.20. The van der Waals surface area contributed by atoms with Crippen molar-refractivity contribution in [3.05, 3.63) is 87.8 Å². The highest BCUT2D eigenvalue weighted by molar-refractivity contribution is 7.11. The van der Waals surface area contributed by atoms with Crippen LogP contribution in [0.4, 0.5) is 5.69 Å². The van der Waals surface area contributed by atoms with E-state index in [1.54, 1.807) is 6.20 Å². The number of aromatic nitrogens is 1. The molecule has 0 bridgehead atoms. The van der Waals surface area contributed by atoms with Crippen LogP contribution in [0, 0.1) is 18.3 Å². The van der Waals surface area contributed by atoms with Gasteiger partial charge in [-0.3, -0.25) is 0 Å². The maximum absolute atomic E-state index is 9.58. The van der Waals surface area contributed by atoms with Crippen molar-refractivity contribution in [2.45, 2.75) is 6.92 Å².